The molecule has 1 amide bonds. The molecule has 1 heterocycles. The van der Waals surface area contributed by atoms with Crippen molar-refractivity contribution in [3.63, 3.8) is 0 Å². The molecule has 1 aromatic heterocycles. The van der Waals surface area contributed by atoms with Gasteiger partial charge in [-0.15, -0.1) is 11.3 Å². The summed E-state index contributed by atoms with van der Waals surface area (Å²) in [6.07, 6.45) is -4.40. The van der Waals surface area contributed by atoms with Crippen LogP contribution in [0.1, 0.15) is 37.9 Å². The van der Waals surface area contributed by atoms with Crippen molar-refractivity contribution in [3.8, 4) is 5.75 Å². The van der Waals surface area contributed by atoms with Gasteiger partial charge < -0.3 is 14.8 Å². The van der Waals surface area contributed by atoms with E-state index in [0.717, 1.165) is 11.3 Å². The molecule has 0 radical (unpaired) electrons. The van der Waals surface area contributed by atoms with E-state index in [2.05, 4.69) is 14.8 Å². The Morgan fingerprint density at radius 2 is 1.73 bits per heavy atom. The van der Waals surface area contributed by atoms with Crippen LogP contribution in [0, 0.1) is 0 Å². The van der Waals surface area contributed by atoms with Gasteiger partial charge in [0.05, 0.1) is 18.0 Å². The lowest BCUT2D eigenvalue weighted by Gasteiger charge is -2.15. The molecular formula is C17H16F3NO4S. The zero-order valence-corrected chi connectivity index (χ0v) is 14.7. The summed E-state index contributed by atoms with van der Waals surface area (Å²) in [4.78, 5) is 24.3. The number of carbonyl (C=O) groups excluding carboxylic acids is 2. The minimum atomic E-state index is -4.40. The molecule has 9 heteroatoms. The summed E-state index contributed by atoms with van der Waals surface area (Å²) >= 11 is 1.01. The number of halogens is 3. The molecule has 0 aliphatic rings. The Labute approximate surface area is 151 Å². The van der Waals surface area contributed by atoms with Gasteiger partial charge in [0, 0.05) is 0 Å². The first-order valence-electron chi connectivity index (χ1n) is 7.48. The van der Waals surface area contributed by atoms with Gasteiger partial charge in [-0.25, -0.2) is 4.79 Å². The number of methoxy groups -OCH3 is 1. The van der Waals surface area contributed by atoms with Crippen LogP contribution in [0.5, 0.6) is 5.75 Å². The van der Waals surface area contributed by atoms with Crippen LogP contribution < -0.4 is 10.1 Å². The molecule has 2 aromatic rings. The van der Waals surface area contributed by atoms with E-state index in [0.29, 0.717) is 15.3 Å². The third-order valence-corrected chi connectivity index (χ3v) is 4.41. The average molecular weight is 387 g/mol. The molecule has 1 atom stereocenters. The van der Waals surface area contributed by atoms with Crippen LogP contribution in [0.25, 0.3) is 0 Å². The van der Waals surface area contributed by atoms with E-state index in [4.69, 9.17) is 0 Å². The fourth-order valence-electron chi connectivity index (χ4n) is 2.04. The largest absolute Gasteiger partial charge is 0.484 e. The third kappa shape index (κ3) is 5.48. The minimum absolute atomic E-state index is 0.0885. The topological polar surface area (TPSA) is 64.6 Å². The van der Waals surface area contributed by atoms with Crippen LogP contribution in [0.3, 0.4) is 0 Å². The van der Waals surface area contributed by atoms with Gasteiger partial charge in [0.1, 0.15) is 10.6 Å². The molecule has 5 nitrogen and oxygen atoms in total. The molecule has 26 heavy (non-hydrogen) atoms. The highest BCUT2D eigenvalue weighted by Crippen LogP contribution is 2.22. The quantitative estimate of drug-likeness (QED) is 0.762. The lowest BCUT2D eigenvalue weighted by Crippen LogP contribution is -2.25. The standard InChI is InChI=1S/C17H16F3NO4S/c1-10(11-3-5-12(6-4-11)25-9-17(18,19)20)21-15(22)13-7-8-14(26-13)16(23)24-2/h3-8,10H,9H2,1-2H3,(H,21,22). The fourth-order valence-corrected chi connectivity index (χ4v) is 2.87. The number of benzene rings is 1. The monoisotopic (exact) mass is 387 g/mol. The third-order valence-electron chi connectivity index (χ3n) is 3.35. The summed E-state index contributed by atoms with van der Waals surface area (Å²) in [6, 6.07) is 8.60. The zero-order valence-electron chi connectivity index (χ0n) is 13.9. The number of nitrogens with one attached hydrogen (secondary N) is 1. The van der Waals surface area contributed by atoms with Gasteiger partial charge in [0.15, 0.2) is 6.61 Å². The molecule has 0 saturated carbocycles. The second kappa shape index (κ2) is 8.22. The molecule has 0 fully saturated rings. The maximum atomic E-state index is 12.2. The maximum Gasteiger partial charge on any atom is 0.422 e. The number of ether oxygens (including phenoxy) is 2. The van der Waals surface area contributed by atoms with Crippen LogP contribution in [0.4, 0.5) is 13.2 Å². The zero-order chi connectivity index (χ0) is 19.3. The van der Waals surface area contributed by atoms with E-state index in [1.807, 2.05) is 0 Å². The molecule has 0 spiro atoms. The Morgan fingerprint density at radius 1 is 1.12 bits per heavy atom. The lowest BCUT2D eigenvalue weighted by atomic mass is 10.1. The molecule has 1 N–H and O–H groups in total. The van der Waals surface area contributed by atoms with Gasteiger partial charge in [0.2, 0.25) is 0 Å². The predicted octanol–water partition coefficient (Wildman–Crippen LogP) is 3.97. The molecule has 140 valence electrons. The van der Waals surface area contributed by atoms with Crippen molar-refractivity contribution in [2.45, 2.75) is 19.1 Å². The average Bonchev–Trinajstić information content (AvgIpc) is 3.09. The highest BCUT2D eigenvalue weighted by atomic mass is 32.1. The van der Waals surface area contributed by atoms with Crippen molar-refractivity contribution in [2.24, 2.45) is 0 Å². The summed E-state index contributed by atoms with van der Waals surface area (Å²) in [5.74, 6) is -0.794. The molecule has 0 aliphatic carbocycles. The Morgan fingerprint density at radius 3 is 2.31 bits per heavy atom. The number of esters is 1. The first-order valence-corrected chi connectivity index (χ1v) is 8.30. The molecule has 0 bridgehead atoms. The van der Waals surface area contributed by atoms with Crippen molar-refractivity contribution >= 4 is 23.2 Å². The maximum absolute atomic E-state index is 12.2. The Kier molecular flexibility index (Phi) is 6.25. The van der Waals surface area contributed by atoms with E-state index >= 15 is 0 Å². The molecule has 1 aromatic carbocycles. The number of amides is 1. The van der Waals surface area contributed by atoms with Gasteiger partial charge >= 0.3 is 12.1 Å². The molecule has 0 saturated heterocycles. The van der Waals surface area contributed by atoms with Crippen LogP contribution in [-0.2, 0) is 4.74 Å². The van der Waals surface area contributed by atoms with Crippen LogP contribution in [0.15, 0.2) is 36.4 Å². The SMILES string of the molecule is COC(=O)c1ccc(C(=O)NC(C)c2ccc(OCC(F)(F)F)cc2)s1. The molecule has 2 rings (SSSR count). The fraction of sp³-hybridized carbons (Fsp3) is 0.294. The smallest absolute Gasteiger partial charge is 0.422 e. The Hall–Kier alpha value is -2.55. The Bertz CT molecular complexity index is 771. The van der Waals surface area contributed by atoms with Gasteiger partial charge in [-0.2, -0.15) is 13.2 Å². The van der Waals surface area contributed by atoms with Gasteiger partial charge in [-0.1, -0.05) is 12.1 Å². The first kappa shape index (κ1) is 19.8. The van der Waals surface area contributed by atoms with E-state index in [1.165, 1.54) is 31.4 Å². The normalized spacial score (nSPS) is 12.3. The van der Waals surface area contributed by atoms with E-state index in [9.17, 15) is 22.8 Å². The summed E-state index contributed by atoms with van der Waals surface area (Å²) in [5, 5.41) is 2.76. The van der Waals surface area contributed by atoms with E-state index in [-0.39, 0.29) is 17.7 Å². The number of rotatable bonds is 6. The van der Waals surface area contributed by atoms with Crippen LogP contribution in [0.2, 0.25) is 0 Å². The van der Waals surface area contributed by atoms with Gasteiger partial charge in [-0.05, 0) is 36.8 Å². The minimum Gasteiger partial charge on any atom is -0.484 e. The lowest BCUT2D eigenvalue weighted by molar-refractivity contribution is -0.153. The second-order valence-corrected chi connectivity index (χ2v) is 6.41. The first-order chi connectivity index (χ1) is 12.2. The second-order valence-electron chi connectivity index (χ2n) is 5.32. The highest BCUT2D eigenvalue weighted by molar-refractivity contribution is 7.15. The summed E-state index contributed by atoms with van der Waals surface area (Å²) < 4.78 is 45.6. The summed E-state index contributed by atoms with van der Waals surface area (Å²) in [6.45, 7) is 0.373. The number of alkyl halides is 3. The van der Waals surface area contributed by atoms with Crippen molar-refractivity contribution in [1.82, 2.24) is 5.32 Å². The number of carbonyl (C=O) groups is 2. The van der Waals surface area contributed by atoms with Gasteiger partial charge in [0.25, 0.3) is 5.91 Å². The molecule has 1 unspecified atom stereocenters. The molecular weight excluding hydrogens is 371 g/mol. The van der Waals surface area contributed by atoms with Crippen molar-refractivity contribution < 1.29 is 32.2 Å². The van der Waals surface area contributed by atoms with E-state index < -0.39 is 18.8 Å². The van der Waals surface area contributed by atoms with Crippen molar-refractivity contribution in [1.29, 1.82) is 0 Å². The molecule has 0 aliphatic heterocycles. The summed E-state index contributed by atoms with van der Waals surface area (Å²) in [5.41, 5.74) is 0.697. The highest BCUT2D eigenvalue weighted by Gasteiger charge is 2.28. The summed E-state index contributed by atoms with van der Waals surface area (Å²) in [7, 11) is 1.26. The van der Waals surface area contributed by atoms with Crippen molar-refractivity contribution in [3.05, 3.63) is 51.7 Å². The predicted molar refractivity (Wildman–Crippen MR) is 89.5 cm³/mol. The van der Waals surface area contributed by atoms with Crippen molar-refractivity contribution in [2.75, 3.05) is 13.7 Å². The van der Waals surface area contributed by atoms with E-state index in [1.54, 1.807) is 19.1 Å². The number of hydrogen-bond donors (Lipinski definition) is 1. The van der Waals surface area contributed by atoms with Crippen LogP contribution >= 0.6 is 11.3 Å². The number of thiophene rings is 1. The van der Waals surface area contributed by atoms with Crippen LogP contribution in [-0.4, -0.2) is 31.8 Å². The van der Waals surface area contributed by atoms with Gasteiger partial charge in [-0.3, -0.25) is 4.79 Å². The Balaban J connectivity index is 1.96. The number of hydrogen-bond acceptors (Lipinski definition) is 5.